The summed E-state index contributed by atoms with van der Waals surface area (Å²) in [6, 6.07) is 25.3. The molecule has 0 aliphatic rings. The summed E-state index contributed by atoms with van der Waals surface area (Å²) >= 11 is 0. The highest BCUT2D eigenvalue weighted by Crippen LogP contribution is 2.22. The smallest absolute Gasteiger partial charge is 0.318 e. The van der Waals surface area contributed by atoms with Crippen molar-refractivity contribution in [1.29, 1.82) is 0 Å². The quantitative estimate of drug-likeness (QED) is 0.372. The Hall–Kier alpha value is -3.40. The molecule has 4 heteroatoms. The predicted octanol–water partition coefficient (Wildman–Crippen LogP) is 5.62. The molecule has 0 amide bonds. The first-order chi connectivity index (χ1) is 14.2. The average Bonchev–Trinajstić information content (AvgIpc) is 2.75. The third kappa shape index (κ3) is 6.04. The van der Waals surface area contributed by atoms with Crippen molar-refractivity contribution >= 4 is 17.9 Å². The molecule has 0 fully saturated rings. The van der Waals surface area contributed by atoms with Gasteiger partial charge in [0.15, 0.2) is 0 Å². The van der Waals surface area contributed by atoms with Gasteiger partial charge in [0.2, 0.25) is 0 Å². The Balaban J connectivity index is 1.73. The molecule has 0 aromatic heterocycles. The van der Waals surface area contributed by atoms with Gasteiger partial charge in [0, 0.05) is 6.21 Å². The molecule has 0 radical (unpaired) electrons. The van der Waals surface area contributed by atoms with Crippen molar-refractivity contribution in [2.45, 2.75) is 26.4 Å². The molecule has 1 atom stereocenters. The average molecular weight is 387 g/mol. The van der Waals surface area contributed by atoms with Crippen LogP contribution >= 0.6 is 0 Å². The van der Waals surface area contributed by atoms with Crippen molar-refractivity contribution in [1.82, 2.24) is 0 Å². The maximum atomic E-state index is 12.5. The Morgan fingerprint density at radius 1 is 0.966 bits per heavy atom. The minimum absolute atomic E-state index is 0.318. The van der Waals surface area contributed by atoms with E-state index in [0.717, 1.165) is 28.1 Å². The molecule has 0 bridgehead atoms. The zero-order valence-electron chi connectivity index (χ0n) is 16.7. The third-order valence-corrected chi connectivity index (χ3v) is 4.43. The zero-order chi connectivity index (χ0) is 20.5. The first-order valence-corrected chi connectivity index (χ1v) is 9.70. The summed E-state index contributed by atoms with van der Waals surface area (Å²) in [7, 11) is 0. The lowest BCUT2D eigenvalue weighted by atomic mass is 10.0. The van der Waals surface area contributed by atoms with E-state index in [1.807, 2.05) is 85.8 Å². The number of ether oxygens (including phenoxy) is 2. The Morgan fingerprint density at radius 3 is 2.31 bits per heavy atom. The largest absolute Gasteiger partial charge is 0.489 e. The molecule has 0 aliphatic carbocycles. The van der Waals surface area contributed by atoms with Crippen LogP contribution in [-0.4, -0.2) is 18.8 Å². The van der Waals surface area contributed by atoms with Gasteiger partial charge in [0.1, 0.15) is 18.3 Å². The number of carbonyl (C=O) groups is 1. The summed E-state index contributed by atoms with van der Waals surface area (Å²) in [6.45, 7) is 4.64. The lowest BCUT2D eigenvalue weighted by molar-refractivity contribution is -0.143. The summed E-state index contributed by atoms with van der Waals surface area (Å²) in [5.41, 5.74) is 3.88. The fourth-order valence-corrected chi connectivity index (χ4v) is 2.82. The lowest BCUT2D eigenvalue weighted by Crippen LogP contribution is -2.17. The van der Waals surface area contributed by atoms with E-state index in [9.17, 15) is 4.79 Å². The van der Waals surface area contributed by atoms with Gasteiger partial charge in [-0.1, -0.05) is 60.2 Å². The van der Waals surface area contributed by atoms with Crippen molar-refractivity contribution in [3.63, 3.8) is 0 Å². The van der Waals surface area contributed by atoms with Crippen molar-refractivity contribution in [2.75, 3.05) is 6.61 Å². The molecule has 148 valence electrons. The first kappa shape index (κ1) is 20.3. The highest BCUT2D eigenvalue weighted by atomic mass is 16.5. The molecule has 3 aromatic carbocycles. The highest BCUT2D eigenvalue weighted by Gasteiger charge is 2.20. The minimum Gasteiger partial charge on any atom is -0.489 e. The highest BCUT2D eigenvalue weighted by molar-refractivity contribution is 5.96. The SMILES string of the molecule is CCOC(=O)C(C=Nc1ccc(C)cc1)c1ccc(OCc2ccccc2)cc1. The maximum absolute atomic E-state index is 12.5. The van der Waals surface area contributed by atoms with Gasteiger partial charge in [-0.15, -0.1) is 0 Å². The molecule has 3 rings (SSSR count). The van der Waals surface area contributed by atoms with E-state index in [2.05, 4.69) is 4.99 Å². The van der Waals surface area contributed by atoms with Crippen molar-refractivity contribution in [2.24, 2.45) is 4.99 Å². The molecule has 1 unspecified atom stereocenters. The van der Waals surface area contributed by atoms with E-state index >= 15 is 0 Å². The third-order valence-electron chi connectivity index (χ3n) is 4.43. The second kappa shape index (κ2) is 10.2. The van der Waals surface area contributed by atoms with Gasteiger partial charge in [0.25, 0.3) is 0 Å². The standard InChI is InChI=1S/C25H25NO3/c1-3-28-25(27)24(17-26-22-13-9-19(2)10-14-22)21-11-15-23(16-12-21)29-18-20-7-5-4-6-8-20/h4-17,24H,3,18H2,1-2H3. The molecule has 0 N–H and O–H groups in total. The number of rotatable bonds is 8. The van der Waals surface area contributed by atoms with Crippen LogP contribution in [0.15, 0.2) is 83.9 Å². The lowest BCUT2D eigenvalue weighted by Gasteiger charge is -2.13. The Bertz CT molecular complexity index is 932. The molecular formula is C25H25NO3. The van der Waals surface area contributed by atoms with E-state index in [-0.39, 0.29) is 5.97 Å². The van der Waals surface area contributed by atoms with Gasteiger partial charge in [-0.25, -0.2) is 0 Å². The van der Waals surface area contributed by atoms with Crippen molar-refractivity contribution in [3.05, 3.63) is 95.6 Å². The number of hydrogen-bond donors (Lipinski definition) is 0. The van der Waals surface area contributed by atoms with Gasteiger partial charge in [-0.2, -0.15) is 0 Å². The molecule has 0 saturated heterocycles. The fraction of sp³-hybridized carbons (Fsp3) is 0.200. The van der Waals surface area contributed by atoms with E-state index < -0.39 is 5.92 Å². The van der Waals surface area contributed by atoms with Gasteiger partial charge in [0.05, 0.1) is 12.3 Å². The van der Waals surface area contributed by atoms with Crippen LogP contribution in [0, 0.1) is 6.92 Å². The van der Waals surface area contributed by atoms with Gasteiger partial charge < -0.3 is 9.47 Å². The van der Waals surface area contributed by atoms with E-state index in [4.69, 9.17) is 9.47 Å². The zero-order valence-corrected chi connectivity index (χ0v) is 16.7. The van der Waals surface area contributed by atoms with Crippen molar-refractivity contribution in [3.8, 4) is 5.75 Å². The van der Waals surface area contributed by atoms with Gasteiger partial charge in [-0.3, -0.25) is 9.79 Å². The van der Waals surface area contributed by atoms with Crippen LogP contribution in [0.1, 0.15) is 29.5 Å². The van der Waals surface area contributed by atoms with Gasteiger partial charge in [-0.05, 0) is 49.2 Å². The van der Waals surface area contributed by atoms with E-state index in [0.29, 0.717) is 13.2 Å². The number of esters is 1. The van der Waals surface area contributed by atoms with E-state index in [1.54, 1.807) is 13.1 Å². The number of aryl methyl sites for hydroxylation is 1. The van der Waals surface area contributed by atoms with Crippen LogP contribution in [0.25, 0.3) is 0 Å². The summed E-state index contributed by atoms with van der Waals surface area (Å²) in [5.74, 6) is -0.142. The van der Waals surface area contributed by atoms with Crippen LogP contribution in [0.4, 0.5) is 5.69 Å². The Kier molecular flexibility index (Phi) is 7.17. The van der Waals surface area contributed by atoms with Crippen LogP contribution in [-0.2, 0) is 16.1 Å². The molecule has 0 saturated carbocycles. The topological polar surface area (TPSA) is 47.9 Å². The van der Waals surface area contributed by atoms with Crippen molar-refractivity contribution < 1.29 is 14.3 Å². The molecule has 4 nitrogen and oxygen atoms in total. The number of hydrogen-bond acceptors (Lipinski definition) is 4. The number of aliphatic imine (C=N–C) groups is 1. The molecular weight excluding hydrogens is 362 g/mol. The first-order valence-electron chi connectivity index (χ1n) is 9.70. The molecule has 0 heterocycles. The van der Waals surface area contributed by atoms with Crippen LogP contribution in [0.3, 0.4) is 0 Å². The minimum atomic E-state index is -0.570. The van der Waals surface area contributed by atoms with Gasteiger partial charge >= 0.3 is 5.97 Å². The van der Waals surface area contributed by atoms with Crippen LogP contribution in [0.2, 0.25) is 0 Å². The molecule has 0 aliphatic heterocycles. The predicted molar refractivity (Wildman–Crippen MR) is 116 cm³/mol. The Labute approximate surface area is 171 Å². The van der Waals surface area contributed by atoms with E-state index in [1.165, 1.54) is 0 Å². The monoisotopic (exact) mass is 387 g/mol. The van der Waals surface area contributed by atoms with Crippen LogP contribution in [0.5, 0.6) is 5.75 Å². The number of benzene rings is 3. The fourth-order valence-electron chi connectivity index (χ4n) is 2.82. The molecule has 29 heavy (non-hydrogen) atoms. The summed E-state index contributed by atoms with van der Waals surface area (Å²) in [6.07, 6.45) is 1.64. The second-order valence-electron chi connectivity index (χ2n) is 6.69. The molecule has 3 aromatic rings. The number of nitrogens with zero attached hydrogens (tertiary/aromatic N) is 1. The molecule has 0 spiro atoms. The maximum Gasteiger partial charge on any atom is 0.318 e. The Morgan fingerprint density at radius 2 is 1.66 bits per heavy atom. The summed E-state index contributed by atoms with van der Waals surface area (Å²) in [5, 5.41) is 0. The number of carbonyl (C=O) groups excluding carboxylic acids is 1. The van der Waals surface area contributed by atoms with Crippen LogP contribution < -0.4 is 4.74 Å². The normalized spacial score (nSPS) is 11.9. The summed E-state index contributed by atoms with van der Waals surface area (Å²) < 4.78 is 11.1. The second-order valence-corrected chi connectivity index (χ2v) is 6.69. The summed E-state index contributed by atoms with van der Waals surface area (Å²) in [4.78, 5) is 16.9.